The van der Waals surface area contributed by atoms with Crippen molar-refractivity contribution in [1.29, 1.82) is 0 Å². The Bertz CT molecular complexity index is 293. The van der Waals surface area contributed by atoms with Crippen LogP contribution in [0, 0.1) is 0 Å². The maximum absolute atomic E-state index is 10.4. The van der Waals surface area contributed by atoms with Gasteiger partial charge < -0.3 is 14.9 Å². The zero-order valence-corrected chi connectivity index (χ0v) is 14.1. The monoisotopic (exact) mass is 314 g/mol. The Morgan fingerprint density at radius 3 is 2.36 bits per heavy atom. The first-order chi connectivity index (χ1) is 10.6. The molecule has 0 spiro atoms. The molecule has 0 radical (unpaired) electrons. The fourth-order valence-corrected chi connectivity index (χ4v) is 3.00. The summed E-state index contributed by atoms with van der Waals surface area (Å²) < 4.78 is 5.59. The fraction of sp³-hybridized carbons (Fsp3) is 0.944. The number of aliphatic carboxylic acids is 1. The molecule has 4 heteroatoms. The third-order valence-corrected chi connectivity index (χ3v) is 4.48. The van der Waals surface area contributed by atoms with E-state index in [1.807, 2.05) is 0 Å². The first-order valence-electron chi connectivity index (χ1n) is 9.20. The van der Waals surface area contributed by atoms with Crippen molar-refractivity contribution < 1.29 is 19.7 Å². The van der Waals surface area contributed by atoms with Gasteiger partial charge in [-0.2, -0.15) is 0 Å². The number of aliphatic hydroxyl groups excluding tert-OH is 1. The van der Waals surface area contributed by atoms with Gasteiger partial charge in [-0.05, 0) is 19.3 Å². The van der Waals surface area contributed by atoms with Crippen LogP contribution in [-0.4, -0.2) is 34.5 Å². The summed E-state index contributed by atoms with van der Waals surface area (Å²) in [4.78, 5) is 10.4. The van der Waals surface area contributed by atoms with E-state index in [0.717, 1.165) is 38.5 Å². The average Bonchev–Trinajstić information content (AvgIpc) is 3.25. The molecule has 0 saturated carbocycles. The minimum absolute atomic E-state index is 0.0645. The quantitative estimate of drug-likeness (QED) is 0.349. The second-order valence-electron chi connectivity index (χ2n) is 6.61. The summed E-state index contributed by atoms with van der Waals surface area (Å²) in [5.74, 6) is -0.719. The summed E-state index contributed by atoms with van der Waals surface area (Å²) in [6, 6.07) is 0. The summed E-state index contributed by atoms with van der Waals surface area (Å²) in [6.07, 6.45) is 13.6. The highest BCUT2D eigenvalue weighted by molar-refractivity contribution is 5.66. The number of hydrogen-bond donors (Lipinski definition) is 2. The van der Waals surface area contributed by atoms with Crippen molar-refractivity contribution in [1.82, 2.24) is 0 Å². The molecule has 4 nitrogen and oxygen atoms in total. The number of carboxylic acid groups (broad SMARTS) is 1. The highest BCUT2D eigenvalue weighted by atomic mass is 16.6. The van der Waals surface area contributed by atoms with Crippen LogP contribution in [-0.2, 0) is 9.53 Å². The summed E-state index contributed by atoms with van der Waals surface area (Å²) >= 11 is 0. The third-order valence-electron chi connectivity index (χ3n) is 4.48. The maximum Gasteiger partial charge on any atom is 0.303 e. The first kappa shape index (κ1) is 19.4. The van der Waals surface area contributed by atoms with Crippen LogP contribution in [0.3, 0.4) is 0 Å². The van der Waals surface area contributed by atoms with Crippen LogP contribution in [0.15, 0.2) is 0 Å². The Labute approximate surface area is 135 Å². The molecule has 0 aromatic heterocycles. The normalized spacial score (nSPS) is 21.7. The average molecular weight is 314 g/mol. The van der Waals surface area contributed by atoms with Gasteiger partial charge in [0.1, 0.15) is 6.10 Å². The van der Waals surface area contributed by atoms with Crippen molar-refractivity contribution in [2.45, 2.75) is 109 Å². The molecule has 1 aliphatic heterocycles. The molecule has 1 aliphatic rings. The van der Waals surface area contributed by atoms with Gasteiger partial charge in [0, 0.05) is 6.42 Å². The van der Waals surface area contributed by atoms with Gasteiger partial charge in [-0.1, -0.05) is 64.7 Å². The highest BCUT2D eigenvalue weighted by Gasteiger charge is 2.42. The Kier molecular flexibility index (Phi) is 10.5. The lowest BCUT2D eigenvalue weighted by Crippen LogP contribution is -2.16. The minimum atomic E-state index is -0.719. The molecule has 0 bridgehead atoms. The molecular formula is C18H34O4. The standard InChI is InChI=1S/C18H34O4/c1-2-3-4-5-6-10-13-16-18(22-16)15(19)12-9-7-8-11-14-17(20)21/h15-16,18-19H,2-14H2,1H3,(H,20,21)/t15-,16-,18+/m0/s1. The smallest absolute Gasteiger partial charge is 0.303 e. The van der Waals surface area contributed by atoms with E-state index in [0.29, 0.717) is 0 Å². The SMILES string of the molecule is CCCCCCCC[C@@H]1O[C@@H]1[C@@H](O)CCCCCCC(=O)O. The number of ether oxygens (including phenoxy) is 1. The molecular weight excluding hydrogens is 280 g/mol. The zero-order chi connectivity index (χ0) is 16.2. The van der Waals surface area contributed by atoms with Crippen LogP contribution in [0.1, 0.15) is 90.4 Å². The number of aliphatic hydroxyl groups is 1. The second-order valence-corrected chi connectivity index (χ2v) is 6.61. The second kappa shape index (κ2) is 11.9. The van der Waals surface area contributed by atoms with Crippen LogP contribution in [0.25, 0.3) is 0 Å². The predicted octanol–water partition coefficient (Wildman–Crippen LogP) is 4.29. The lowest BCUT2D eigenvalue weighted by atomic mass is 10.0. The summed E-state index contributed by atoms with van der Waals surface area (Å²) in [7, 11) is 0. The van der Waals surface area contributed by atoms with Crippen LogP contribution >= 0.6 is 0 Å². The summed E-state index contributed by atoms with van der Waals surface area (Å²) in [5.41, 5.74) is 0. The molecule has 0 unspecified atom stereocenters. The van der Waals surface area contributed by atoms with Gasteiger partial charge in [0.25, 0.3) is 0 Å². The molecule has 0 amide bonds. The molecule has 0 aromatic rings. The first-order valence-corrected chi connectivity index (χ1v) is 9.20. The van der Waals surface area contributed by atoms with Crippen molar-refractivity contribution in [3.05, 3.63) is 0 Å². The van der Waals surface area contributed by atoms with Gasteiger partial charge in [-0.15, -0.1) is 0 Å². The van der Waals surface area contributed by atoms with Crippen molar-refractivity contribution in [2.75, 3.05) is 0 Å². The molecule has 0 aliphatic carbocycles. The van der Waals surface area contributed by atoms with Gasteiger partial charge in [0.15, 0.2) is 0 Å². The Balaban J connectivity index is 1.88. The van der Waals surface area contributed by atoms with E-state index in [2.05, 4.69) is 6.92 Å². The Morgan fingerprint density at radius 1 is 1.00 bits per heavy atom. The van der Waals surface area contributed by atoms with E-state index in [4.69, 9.17) is 9.84 Å². The molecule has 130 valence electrons. The molecule has 2 N–H and O–H groups in total. The molecule has 1 heterocycles. The Hall–Kier alpha value is -0.610. The van der Waals surface area contributed by atoms with Gasteiger partial charge in [0.2, 0.25) is 0 Å². The highest BCUT2D eigenvalue weighted by Crippen LogP contribution is 2.32. The summed E-state index contributed by atoms with van der Waals surface area (Å²) in [5, 5.41) is 18.6. The van der Waals surface area contributed by atoms with E-state index in [9.17, 15) is 9.90 Å². The topological polar surface area (TPSA) is 70.1 Å². The van der Waals surface area contributed by atoms with Crippen LogP contribution in [0.5, 0.6) is 0 Å². The molecule has 1 fully saturated rings. The van der Waals surface area contributed by atoms with E-state index in [-0.39, 0.29) is 24.7 Å². The van der Waals surface area contributed by atoms with Gasteiger partial charge in [-0.25, -0.2) is 0 Å². The zero-order valence-electron chi connectivity index (χ0n) is 14.1. The van der Waals surface area contributed by atoms with E-state index >= 15 is 0 Å². The third kappa shape index (κ3) is 9.42. The van der Waals surface area contributed by atoms with Crippen molar-refractivity contribution in [2.24, 2.45) is 0 Å². The molecule has 1 rings (SSSR count). The molecule has 0 aromatic carbocycles. The van der Waals surface area contributed by atoms with Crippen molar-refractivity contribution >= 4 is 5.97 Å². The van der Waals surface area contributed by atoms with Crippen molar-refractivity contribution in [3.8, 4) is 0 Å². The van der Waals surface area contributed by atoms with E-state index in [1.165, 1.54) is 38.5 Å². The number of carboxylic acids is 1. The number of carbonyl (C=O) groups is 1. The lowest BCUT2D eigenvalue weighted by Gasteiger charge is -2.07. The van der Waals surface area contributed by atoms with Gasteiger partial charge in [0.05, 0.1) is 12.2 Å². The number of rotatable bonds is 15. The predicted molar refractivity (Wildman–Crippen MR) is 88.0 cm³/mol. The number of epoxide rings is 1. The van der Waals surface area contributed by atoms with E-state index in [1.54, 1.807) is 0 Å². The van der Waals surface area contributed by atoms with Crippen LogP contribution in [0.2, 0.25) is 0 Å². The Morgan fingerprint density at radius 2 is 1.64 bits per heavy atom. The molecule has 3 atom stereocenters. The minimum Gasteiger partial charge on any atom is -0.481 e. The van der Waals surface area contributed by atoms with E-state index < -0.39 is 5.97 Å². The van der Waals surface area contributed by atoms with Gasteiger partial charge >= 0.3 is 5.97 Å². The number of hydrogen-bond acceptors (Lipinski definition) is 3. The summed E-state index contributed by atoms with van der Waals surface area (Å²) in [6.45, 7) is 2.23. The van der Waals surface area contributed by atoms with Crippen LogP contribution < -0.4 is 0 Å². The number of unbranched alkanes of at least 4 members (excludes halogenated alkanes) is 8. The molecule has 1 saturated heterocycles. The largest absolute Gasteiger partial charge is 0.481 e. The van der Waals surface area contributed by atoms with Crippen LogP contribution in [0.4, 0.5) is 0 Å². The van der Waals surface area contributed by atoms with Gasteiger partial charge in [-0.3, -0.25) is 4.79 Å². The lowest BCUT2D eigenvalue weighted by molar-refractivity contribution is -0.137. The molecule has 22 heavy (non-hydrogen) atoms. The van der Waals surface area contributed by atoms with Crippen molar-refractivity contribution in [3.63, 3.8) is 0 Å². The fourth-order valence-electron chi connectivity index (χ4n) is 3.00. The maximum atomic E-state index is 10.4.